The van der Waals surface area contributed by atoms with Crippen molar-refractivity contribution in [3.8, 4) is 11.5 Å². The summed E-state index contributed by atoms with van der Waals surface area (Å²) in [5.74, 6) is 1.36. The third-order valence-corrected chi connectivity index (χ3v) is 11.0. The lowest BCUT2D eigenvalue weighted by Gasteiger charge is -2.40. The fourth-order valence-electron chi connectivity index (χ4n) is 4.08. The zero-order valence-corrected chi connectivity index (χ0v) is 27.0. The molecule has 220 valence electrons. The molecule has 0 saturated carbocycles. The molecule has 0 heterocycles. The van der Waals surface area contributed by atoms with Gasteiger partial charge in [-0.1, -0.05) is 13.3 Å². The predicted octanol–water partition coefficient (Wildman–Crippen LogP) is 8.45. The van der Waals surface area contributed by atoms with E-state index in [2.05, 4.69) is 0 Å². The molecule has 0 aliphatic rings. The lowest BCUT2D eigenvalue weighted by molar-refractivity contribution is 0.130. The standard InChI is InChI=1S/C32H45NO5S2/c1-10-11-24-39(34,35)38-40(28-18-12-25(13-19-28)33(8)9,29-20-14-26(15-21-29)36-31(2,3)4)30-22-16-27(17-23-30)37-32(5,6)7/h12-23H,10-11,24H2,1-9H3. The smallest absolute Gasteiger partial charge is 0.277 e. The van der Waals surface area contributed by atoms with Crippen LogP contribution in [-0.4, -0.2) is 39.5 Å². The maximum Gasteiger partial charge on any atom is 0.277 e. The Bertz CT molecular complexity index is 1280. The van der Waals surface area contributed by atoms with E-state index < -0.39 is 20.4 Å². The molecule has 0 bridgehead atoms. The first-order chi connectivity index (χ1) is 18.5. The summed E-state index contributed by atoms with van der Waals surface area (Å²) in [5.41, 5.74) is 0.279. The topological polar surface area (TPSA) is 65.1 Å². The Labute approximate surface area is 243 Å². The summed E-state index contributed by atoms with van der Waals surface area (Å²) < 4.78 is 45.7. The van der Waals surface area contributed by atoms with Crippen molar-refractivity contribution < 1.29 is 21.5 Å². The van der Waals surface area contributed by atoms with E-state index in [1.54, 1.807) is 0 Å². The van der Waals surface area contributed by atoms with Crippen LogP contribution in [0, 0.1) is 0 Å². The average molecular weight is 588 g/mol. The van der Waals surface area contributed by atoms with Crippen LogP contribution in [0.15, 0.2) is 87.5 Å². The highest BCUT2D eigenvalue weighted by Gasteiger charge is 2.38. The SMILES string of the molecule is CCCCS(=O)(=O)OS(c1ccc(OC(C)(C)C)cc1)(c1ccc(OC(C)(C)C)cc1)c1ccc(N(C)C)cc1. The minimum Gasteiger partial charge on any atom is -0.488 e. The van der Waals surface area contributed by atoms with E-state index in [1.165, 1.54) is 0 Å². The van der Waals surface area contributed by atoms with Crippen LogP contribution in [0.1, 0.15) is 61.3 Å². The summed E-state index contributed by atoms with van der Waals surface area (Å²) in [6.07, 6.45) is 1.27. The fourth-order valence-corrected chi connectivity index (χ4v) is 9.55. The van der Waals surface area contributed by atoms with E-state index in [9.17, 15) is 8.42 Å². The molecule has 0 aromatic heterocycles. The van der Waals surface area contributed by atoms with Gasteiger partial charge in [-0.2, -0.15) is 8.42 Å². The van der Waals surface area contributed by atoms with Crippen LogP contribution >= 0.6 is 10.3 Å². The van der Waals surface area contributed by atoms with Crippen LogP contribution < -0.4 is 14.4 Å². The van der Waals surface area contributed by atoms with E-state index in [0.717, 1.165) is 26.8 Å². The first-order valence-electron chi connectivity index (χ1n) is 13.7. The van der Waals surface area contributed by atoms with E-state index in [4.69, 9.17) is 13.1 Å². The normalized spacial score (nSPS) is 13.1. The molecule has 0 saturated heterocycles. The van der Waals surface area contributed by atoms with Gasteiger partial charge < -0.3 is 14.4 Å². The number of benzene rings is 3. The number of rotatable bonds is 11. The van der Waals surface area contributed by atoms with Gasteiger partial charge in [0.1, 0.15) is 22.7 Å². The van der Waals surface area contributed by atoms with Gasteiger partial charge in [-0.3, -0.25) is 0 Å². The zero-order chi connectivity index (χ0) is 29.8. The molecule has 40 heavy (non-hydrogen) atoms. The van der Waals surface area contributed by atoms with Gasteiger partial charge in [-0.25, -0.2) is 3.63 Å². The largest absolute Gasteiger partial charge is 0.488 e. The lowest BCUT2D eigenvalue weighted by atomic mass is 10.2. The maximum absolute atomic E-state index is 13.6. The second-order valence-corrected chi connectivity index (χ2v) is 16.6. The van der Waals surface area contributed by atoms with Crippen molar-refractivity contribution >= 4 is 26.1 Å². The van der Waals surface area contributed by atoms with E-state index in [-0.39, 0.29) is 17.0 Å². The molecule has 0 amide bonds. The average Bonchev–Trinajstić information content (AvgIpc) is 2.85. The van der Waals surface area contributed by atoms with Crippen LogP contribution in [0.5, 0.6) is 11.5 Å². The Kier molecular flexibility index (Phi) is 9.91. The van der Waals surface area contributed by atoms with Gasteiger partial charge in [0.05, 0.1) is 5.75 Å². The third-order valence-electron chi connectivity index (χ3n) is 5.80. The van der Waals surface area contributed by atoms with Crippen molar-refractivity contribution in [1.82, 2.24) is 0 Å². The molecule has 0 atom stereocenters. The van der Waals surface area contributed by atoms with Gasteiger partial charge in [0.2, 0.25) is 0 Å². The summed E-state index contributed by atoms with van der Waals surface area (Å²) in [6.45, 7) is 13.9. The summed E-state index contributed by atoms with van der Waals surface area (Å²) in [4.78, 5) is 4.32. The molecule has 0 aliphatic carbocycles. The fraction of sp³-hybridized carbons (Fsp3) is 0.438. The predicted molar refractivity (Wildman–Crippen MR) is 167 cm³/mol. The van der Waals surface area contributed by atoms with E-state index in [0.29, 0.717) is 17.9 Å². The van der Waals surface area contributed by atoms with Crippen LogP contribution in [0.4, 0.5) is 5.69 Å². The Morgan fingerprint density at radius 3 is 1.35 bits per heavy atom. The minimum atomic E-state index is -3.89. The van der Waals surface area contributed by atoms with Gasteiger partial charge in [-0.05, 0) is 131 Å². The zero-order valence-electron chi connectivity index (χ0n) is 25.4. The number of nitrogens with zero attached hydrogens (tertiary/aromatic N) is 1. The molecule has 0 N–H and O–H groups in total. The molecule has 8 heteroatoms. The molecule has 3 aromatic carbocycles. The summed E-state index contributed by atoms with van der Waals surface area (Å²) in [7, 11) is -2.64. The highest BCUT2D eigenvalue weighted by Crippen LogP contribution is 2.70. The number of anilines is 1. The molecule has 6 nitrogen and oxygen atoms in total. The minimum absolute atomic E-state index is 0.0511. The highest BCUT2D eigenvalue weighted by atomic mass is 32.3. The molecule has 0 unspecified atom stereocenters. The molecule has 3 aromatic rings. The molecule has 3 rings (SSSR count). The first-order valence-corrected chi connectivity index (χ1v) is 16.8. The third kappa shape index (κ3) is 8.41. The molecule has 0 aliphatic heterocycles. The van der Waals surface area contributed by atoms with Crippen LogP contribution in [-0.2, 0) is 13.7 Å². The monoisotopic (exact) mass is 587 g/mol. The van der Waals surface area contributed by atoms with Crippen molar-refractivity contribution in [1.29, 1.82) is 0 Å². The Balaban J connectivity index is 2.28. The first kappa shape index (κ1) is 31.8. The maximum atomic E-state index is 13.6. The second kappa shape index (κ2) is 12.5. The molecule has 0 spiro atoms. The lowest BCUT2D eigenvalue weighted by Crippen LogP contribution is -2.23. The Hall–Kier alpha value is -2.68. The van der Waals surface area contributed by atoms with Crippen molar-refractivity contribution in [3.05, 3.63) is 72.8 Å². The Morgan fingerprint density at radius 2 is 1.02 bits per heavy atom. The molecule has 0 fully saturated rings. The van der Waals surface area contributed by atoms with Gasteiger partial charge in [-0.15, -0.1) is 0 Å². The summed E-state index contributed by atoms with van der Waals surface area (Å²) >= 11 is 0. The number of ether oxygens (including phenoxy) is 2. The Morgan fingerprint density at radius 1 is 0.650 bits per heavy atom. The molecule has 0 radical (unpaired) electrons. The highest BCUT2D eigenvalue weighted by molar-refractivity contribution is 8.33. The van der Waals surface area contributed by atoms with Crippen molar-refractivity contribution in [3.63, 3.8) is 0 Å². The molecular formula is C32H45NO5S2. The van der Waals surface area contributed by atoms with Crippen LogP contribution in [0.2, 0.25) is 0 Å². The quantitative estimate of drug-likeness (QED) is 0.224. The van der Waals surface area contributed by atoms with Gasteiger partial charge in [0.15, 0.2) is 0 Å². The van der Waals surface area contributed by atoms with Gasteiger partial charge >= 0.3 is 0 Å². The van der Waals surface area contributed by atoms with Crippen molar-refractivity contribution in [2.24, 2.45) is 0 Å². The summed E-state index contributed by atoms with van der Waals surface area (Å²) in [5, 5.41) is 0. The number of hydrogen-bond acceptors (Lipinski definition) is 6. The van der Waals surface area contributed by atoms with Crippen molar-refractivity contribution in [2.45, 2.75) is 87.2 Å². The van der Waals surface area contributed by atoms with E-state index in [1.807, 2.05) is 140 Å². The van der Waals surface area contributed by atoms with Crippen molar-refractivity contribution in [2.75, 3.05) is 24.7 Å². The van der Waals surface area contributed by atoms with Crippen LogP contribution in [0.3, 0.4) is 0 Å². The summed E-state index contributed by atoms with van der Waals surface area (Å²) in [6, 6.07) is 23.2. The second-order valence-electron chi connectivity index (χ2n) is 12.0. The number of hydrogen-bond donors (Lipinski definition) is 0. The van der Waals surface area contributed by atoms with E-state index >= 15 is 0 Å². The molecular weight excluding hydrogens is 542 g/mol. The van der Waals surface area contributed by atoms with Gasteiger partial charge in [0, 0.05) is 34.5 Å². The van der Waals surface area contributed by atoms with Gasteiger partial charge in [0.25, 0.3) is 10.1 Å². The number of unbranched alkanes of at least 4 members (excludes halogenated alkanes) is 1. The van der Waals surface area contributed by atoms with Crippen LogP contribution in [0.25, 0.3) is 0 Å².